The maximum Gasteiger partial charge on any atom is 0.317 e. The molecule has 23 heavy (non-hydrogen) atoms. The summed E-state index contributed by atoms with van der Waals surface area (Å²) in [4.78, 5) is 17.5. The van der Waals surface area contributed by atoms with Crippen molar-refractivity contribution in [2.45, 2.75) is 20.0 Å². The van der Waals surface area contributed by atoms with E-state index in [4.69, 9.17) is 5.26 Å². The van der Waals surface area contributed by atoms with E-state index in [9.17, 15) is 4.79 Å². The van der Waals surface area contributed by atoms with Crippen LogP contribution in [-0.2, 0) is 13.1 Å². The number of urea groups is 1. The Kier molecular flexibility index (Phi) is 5.69. The molecule has 0 aliphatic carbocycles. The van der Waals surface area contributed by atoms with Gasteiger partial charge in [0.2, 0.25) is 0 Å². The number of hydrogen-bond donors (Lipinski definition) is 1. The third-order valence-corrected chi connectivity index (χ3v) is 3.46. The molecule has 1 atom stereocenters. The molecule has 1 aromatic carbocycles. The second-order valence-electron chi connectivity index (χ2n) is 5.43. The molecule has 2 rings (SSSR count). The van der Waals surface area contributed by atoms with E-state index >= 15 is 0 Å². The highest BCUT2D eigenvalue weighted by atomic mass is 16.2. The first-order valence-corrected chi connectivity index (χ1v) is 7.38. The molecular weight excluding hydrogens is 292 g/mol. The van der Waals surface area contributed by atoms with E-state index in [1.165, 1.54) is 11.2 Å². The minimum absolute atomic E-state index is 0.189. The Morgan fingerprint density at radius 3 is 2.83 bits per heavy atom. The molecule has 1 unspecified atom stereocenters. The molecule has 0 radical (unpaired) electrons. The average Bonchev–Trinajstić information content (AvgIpc) is 3.06. The van der Waals surface area contributed by atoms with Crippen molar-refractivity contribution in [2.75, 3.05) is 13.6 Å². The van der Waals surface area contributed by atoms with Crippen molar-refractivity contribution >= 4 is 6.03 Å². The van der Waals surface area contributed by atoms with Gasteiger partial charge in [-0.05, 0) is 18.1 Å². The molecule has 1 aromatic heterocycles. The lowest BCUT2D eigenvalue weighted by Crippen LogP contribution is -2.39. The normalized spacial score (nSPS) is 11.5. The van der Waals surface area contributed by atoms with Gasteiger partial charge in [0.15, 0.2) is 0 Å². The van der Waals surface area contributed by atoms with Crippen LogP contribution in [0.15, 0.2) is 36.9 Å². The summed E-state index contributed by atoms with van der Waals surface area (Å²) in [5, 5.41) is 15.8. The van der Waals surface area contributed by atoms with Crippen molar-refractivity contribution in [3.05, 3.63) is 48.0 Å². The van der Waals surface area contributed by atoms with Crippen LogP contribution in [0, 0.1) is 17.2 Å². The molecule has 0 spiro atoms. The van der Waals surface area contributed by atoms with Crippen LogP contribution < -0.4 is 5.32 Å². The van der Waals surface area contributed by atoms with Crippen molar-refractivity contribution in [1.82, 2.24) is 25.0 Å². The minimum Gasteiger partial charge on any atom is -0.334 e. The van der Waals surface area contributed by atoms with Crippen LogP contribution in [0.2, 0.25) is 0 Å². The number of nitrogens with one attached hydrogen (secondary N) is 1. The van der Waals surface area contributed by atoms with Crippen LogP contribution in [0.4, 0.5) is 4.79 Å². The monoisotopic (exact) mass is 312 g/mol. The lowest BCUT2D eigenvalue weighted by molar-refractivity contribution is 0.205. The molecule has 120 valence electrons. The number of carbonyl (C=O) groups is 1. The van der Waals surface area contributed by atoms with Crippen molar-refractivity contribution in [3.8, 4) is 6.07 Å². The lowest BCUT2D eigenvalue weighted by atomic mass is 10.1. The van der Waals surface area contributed by atoms with Crippen molar-refractivity contribution in [1.29, 1.82) is 5.26 Å². The van der Waals surface area contributed by atoms with Gasteiger partial charge >= 0.3 is 6.03 Å². The predicted octanol–water partition coefficient (Wildman–Crippen LogP) is 1.63. The number of amides is 2. The first-order chi connectivity index (χ1) is 11.1. The van der Waals surface area contributed by atoms with Gasteiger partial charge in [-0.3, -0.25) is 0 Å². The Hall–Kier alpha value is -2.88. The summed E-state index contributed by atoms with van der Waals surface area (Å²) in [6, 6.07) is 9.81. The van der Waals surface area contributed by atoms with Crippen LogP contribution in [0.1, 0.15) is 18.1 Å². The van der Waals surface area contributed by atoms with Gasteiger partial charge < -0.3 is 10.2 Å². The molecule has 0 aliphatic heterocycles. The van der Waals surface area contributed by atoms with E-state index in [0.29, 0.717) is 19.6 Å². The molecule has 2 amide bonds. The standard InChI is InChI=1S/C16H20N6O/c1-13(7-17)9-21(2)16(23)19-8-14-5-3-4-6-15(14)10-22-12-18-11-20-22/h3-6,11-13H,8-10H2,1-2H3,(H,19,23). The number of hydrogen-bond acceptors (Lipinski definition) is 4. The topological polar surface area (TPSA) is 86.8 Å². The summed E-state index contributed by atoms with van der Waals surface area (Å²) >= 11 is 0. The van der Waals surface area contributed by atoms with E-state index in [2.05, 4.69) is 21.5 Å². The SMILES string of the molecule is CC(C#N)CN(C)C(=O)NCc1ccccc1Cn1cncn1. The quantitative estimate of drug-likeness (QED) is 0.878. The second kappa shape index (κ2) is 7.94. The third-order valence-electron chi connectivity index (χ3n) is 3.46. The van der Waals surface area contributed by atoms with Gasteiger partial charge in [0.05, 0.1) is 18.5 Å². The smallest absolute Gasteiger partial charge is 0.317 e. The Labute approximate surface area is 135 Å². The van der Waals surface area contributed by atoms with Gasteiger partial charge in [0, 0.05) is 20.1 Å². The van der Waals surface area contributed by atoms with Crippen LogP contribution in [0.3, 0.4) is 0 Å². The van der Waals surface area contributed by atoms with Gasteiger partial charge in [-0.1, -0.05) is 24.3 Å². The maximum absolute atomic E-state index is 12.1. The number of carbonyl (C=O) groups excluding carboxylic acids is 1. The largest absolute Gasteiger partial charge is 0.334 e. The number of aromatic nitrogens is 3. The predicted molar refractivity (Wildman–Crippen MR) is 85.2 cm³/mol. The number of benzene rings is 1. The summed E-state index contributed by atoms with van der Waals surface area (Å²) in [7, 11) is 1.69. The third kappa shape index (κ3) is 4.81. The van der Waals surface area contributed by atoms with E-state index in [1.54, 1.807) is 25.0 Å². The average molecular weight is 312 g/mol. The number of nitrogens with zero attached hydrogens (tertiary/aromatic N) is 5. The first kappa shape index (κ1) is 16.5. The first-order valence-electron chi connectivity index (χ1n) is 7.38. The van der Waals surface area contributed by atoms with Crippen molar-refractivity contribution < 1.29 is 4.79 Å². The maximum atomic E-state index is 12.1. The lowest BCUT2D eigenvalue weighted by Gasteiger charge is -2.19. The summed E-state index contributed by atoms with van der Waals surface area (Å²) < 4.78 is 1.74. The molecule has 7 nitrogen and oxygen atoms in total. The van der Waals surface area contributed by atoms with Crippen molar-refractivity contribution in [2.24, 2.45) is 5.92 Å². The minimum atomic E-state index is -0.192. The zero-order valence-electron chi connectivity index (χ0n) is 13.3. The molecule has 2 aromatic rings. The Balaban J connectivity index is 1.95. The molecule has 7 heteroatoms. The van der Waals surface area contributed by atoms with Gasteiger partial charge in [-0.25, -0.2) is 14.5 Å². The highest BCUT2D eigenvalue weighted by molar-refractivity contribution is 5.73. The second-order valence-corrected chi connectivity index (χ2v) is 5.43. The summed E-state index contributed by atoms with van der Waals surface area (Å²) in [5.74, 6) is -0.189. The number of rotatable bonds is 6. The molecule has 0 fully saturated rings. The Bertz CT molecular complexity index is 676. The molecular formula is C16H20N6O. The van der Waals surface area contributed by atoms with Crippen LogP contribution in [0.25, 0.3) is 0 Å². The fraction of sp³-hybridized carbons (Fsp3) is 0.375. The Morgan fingerprint density at radius 1 is 1.43 bits per heavy atom. The molecule has 0 bridgehead atoms. The Morgan fingerprint density at radius 2 is 2.17 bits per heavy atom. The fourth-order valence-corrected chi connectivity index (χ4v) is 2.21. The van der Waals surface area contributed by atoms with Gasteiger partial charge in [-0.2, -0.15) is 10.4 Å². The van der Waals surface area contributed by atoms with Crippen LogP contribution >= 0.6 is 0 Å². The van der Waals surface area contributed by atoms with Crippen LogP contribution in [-0.4, -0.2) is 39.3 Å². The molecule has 0 saturated heterocycles. The van der Waals surface area contributed by atoms with Crippen LogP contribution in [0.5, 0.6) is 0 Å². The van der Waals surface area contributed by atoms with E-state index in [1.807, 2.05) is 24.3 Å². The van der Waals surface area contributed by atoms with E-state index in [0.717, 1.165) is 11.1 Å². The fourth-order valence-electron chi connectivity index (χ4n) is 2.21. The summed E-state index contributed by atoms with van der Waals surface area (Å²) in [5.41, 5.74) is 2.10. The van der Waals surface area contributed by atoms with E-state index in [-0.39, 0.29) is 11.9 Å². The zero-order valence-corrected chi connectivity index (χ0v) is 13.3. The van der Waals surface area contributed by atoms with Gasteiger partial charge in [-0.15, -0.1) is 0 Å². The van der Waals surface area contributed by atoms with Crippen molar-refractivity contribution in [3.63, 3.8) is 0 Å². The highest BCUT2D eigenvalue weighted by Gasteiger charge is 2.12. The highest BCUT2D eigenvalue weighted by Crippen LogP contribution is 2.10. The molecule has 0 saturated carbocycles. The molecule has 0 aliphatic rings. The summed E-state index contributed by atoms with van der Waals surface area (Å²) in [6.45, 7) is 3.22. The van der Waals surface area contributed by atoms with E-state index < -0.39 is 0 Å². The zero-order chi connectivity index (χ0) is 16.7. The summed E-state index contributed by atoms with van der Waals surface area (Å²) in [6.07, 6.45) is 3.15. The van der Waals surface area contributed by atoms with Gasteiger partial charge in [0.1, 0.15) is 12.7 Å². The number of nitriles is 1. The molecule has 1 N–H and O–H groups in total. The van der Waals surface area contributed by atoms with Gasteiger partial charge in [0.25, 0.3) is 0 Å². The molecule has 1 heterocycles.